The molecule has 2 aromatic rings. The summed E-state index contributed by atoms with van der Waals surface area (Å²) in [6.45, 7) is 3.04. The van der Waals surface area contributed by atoms with Gasteiger partial charge >= 0.3 is 0 Å². The summed E-state index contributed by atoms with van der Waals surface area (Å²) in [6, 6.07) is 13.8. The van der Waals surface area contributed by atoms with Gasteiger partial charge in [-0.15, -0.1) is 0 Å². The molecule has 1 N–H and O–H groups in total. The highest BCUT2D eigenvalue weighted by Crippen LogP contribution is 2.27. The van der Waals surface area contributed by atoms with E-state index in [1.165, 1.54) is 0 Å². The van der Waals surface area contributed by atoms with Gasteiger partial charge in [-0.1, -0.05) is 37.3 Å². The van der Waals surface area contributed by atoms with Gasteiger partial charge < -0.3 is 14.5 Å². The summed E-state index contributed by atoms with van der Waals surface area (Å²) >= 11 is 0. The summed E-state index contributed by atoms with van der Waals surface area (Å²) in [5.41, 5.74) is 1.14. The predicted octanol–water partition coefficient (Wildman–Crippen LogP) is 3.10. The monoisotopic (exact) mass is 299 g/mol. The minimum atomic E-state index is -0.0518. The van der Waals surface area contributed by atoms with Crippen molar-refractivity contribution < 1.29 is 13.9 Å². The molecule has 0 bridgehead atoms. The lowest BCUT2D eigenvalue weighted by Crippen LogP contribution is -2.49. The average Bonchev–Trinajstić information content (AvgIpc) is 3.07. The number of benzene rings is 1. The first-order valence-electron chi connectivity index (χ1n) is 7.68. The standard InChI is InChI=1S/C18H21NO3/c1-13-16(12-21-11-14-6-3-2-4-7-14)19-15(10-17(13)20)18-8-5-9-22-18/h2-9,13,15-16,19H,10-12H2,1H3/t13-,15+,16+/m0/s1. The molecule has 1 aromatic carbocycles. The van der Waals surface area contributed by atoms with Crippen molar-refractivity contribution in [2.24, 2.45) is 5.92 Å². The van der Waals surface area contributed by atoms with Gasteiger partial charge in [0.1, 0.15) is 11.5 Å². The van der Waals surface area contributed by atoms with E-state index < -0.39 is 0 Å². The summed E-state index contributed by atoms with van der Waals surface area (Å²) in [6.07, 6.45) is 2.12. The normalized spacial score (nSPS) is 25.3. The SMILES string of the molecule is C[C@@H]1C(=O)C[C@H](c2ccco2)N[C@@H]1COCc1ccccc1. The molecular weight excluding hydrogens is 278 g/mol. The fourth-order valence-corrected chi connectivity index (χ4v) is 2.82. The van der Waals surface area contributed by atoms with Crippen LogP contribution in [0.25, 0.3) is 0 Å². The van der Waals surface area contributed by atoms with E-state index in [4.69, 9.17) is 9.15 Å². The topological polar surface area (TPSA) is 51.5 Å². The molecule has 2 heterocycles. The van der Waals surface area contributed by atoms with Crippen LogP contribution in [-0.4, -0.2) is 18.4 Å². The Morgan fingerprint density at radius 2 is 2.05 bits per heavy atom. The van der Waals surface area contributed by atoms with Crippen molar-refractivity contribution in [3.63, 3.8) is 0 Å². The number of Topliss-reactive ketones (excluding diaryl/α,β-unsaturated/α-hetero) is 1. The largest absolute Gasteiger partial charge is 0.468 e. The minimum Gasteiger partial charge on any atom is -0.468 e. The smallest absolute Gasteiger partial charge is 0.139 e. The average molecular weight is 299 g/mol. The van der Waals surface area contributed by atoms with Gasteiger partial charge in [0.05, 0.1) is 25.5 Å². The van der Waals surface area contributed by atoms with Gasteiger partial charge in [0.15, 0.2) is 0 Å². The molecule has 22 heavy (non-hydrogen) atoms. The van der Waals surface area contributed by atoms with Crippen LogP contribution in [0.1, 0.15) is 30.7 Å². The van der Waals surface area contributed by atoms with Crippen LogP contribution in [0.3, 0.4) is 0 Å². The molecule has 4 nitrogen and oxygen atoms in total. The second-order valence-corrected chi connectivity index (χ2v) is 5.80. The Morgan fingerprint density at radius 1 is 1.23 bits per heavy atom. The number of rotatable bonds is 5. The van der Waals surface area contributed by atoms with Crippen molar-refractivity contribution >= 4 is 5.78 Å². The lowest BCUT2D eigenvalue weighted by molar-refractivity contribution is -0.127. The van der Waals surface area contributed by atoms with Crippen LogP contribution >= 0.6 is 0 Å². The van der Waals surface area contributed by atoms with E-state index in [0.29, 0.717) is 19.6 Å². The van der Waals surface area contributed by atoms with E-state index in [9.17, 15) is 4.79 Å². The molecule has 0 spiro atoms. The first-order chi connectivity index (χ1) is 10.7. The highest BCUT2D eigenvalue weighted by atomic mass is 16.5. The van der Waals surface area contributed by atoms with Gasteiger partial charge in [-0.3, -0.25) is 4.79 Å². The molecule has 0 unspecified atom stereocenters. The highest BCUT2D eigenvalue weighted by molar-refractivity contribution is 5.83. The molecule has 4 heteroatoms. The van der Waals surface area contributed by atoms with E-state index >= 15 is 0 Å². The molecule has 0 amide bonds. The molecule has 1 saturated heterocycles. The van der Waals surface area contributed by atoms with Crippen molar-refractivity contribution in [3.05, 3.63) is 60.1 Å². The fraction of sp³-hybridized carbons (Fsp3) is 0.389. The Bertz CT molecular complexity index is 594. The van der Waals surface area contributed by atoms with Gasteiger partial charge in [-0.05, 0) is 17.7 Å². The molecule has 3 rings (SSSR count). The maximum atomic E-state index is 12.2. The zero-order valence-corrected chi connectivity index (χ0v) is 12.7. The van der Waals surface area contributed by atoms with Crippen LogP contribution in [0.5, 0.6) is 0 Å². The lowest BCUT2D eigenvalue weighted by Gasteiger charge is -2.33. The summed E-state index contributed by atoms with van der Waals surface area (Å²) in [5.74, 6) is 1.03. The molecule has 1 aromatic heterocycles. The molecule has 1 fully saturated rings. The van der Waals surface area contributed by atoms with Crippen LogP contribution in [0.2, 0.25) is 0 Å². The number of nitrogens with one attached hydrogen (secondary N) is 1. The molecule has 3 atom stereocenters. The van der Waals surface area contributed by atoms with E-state index in [1.54, 1.807) is 6.26 Å². The fourth-order valence-electron chi connectivity index (χ4n) is 2.82. The molecule has 0 aliphatic carbocycles. The van der Waals surface area contributed by atoms with Crippen LogP contribution in [0.4, 0.5) is 0 Å². The summed E-state index contributed by atoms with van der Waals surface area (Å²) in [7, 11) is 0. The first kappa shape index (κ1) is 15.0. The van der Waals surface area contributed by atoms with E-state index in [0.717, 1.165) is 11.3 Å². The second kappa shape index (κ2) is 6.90. The Kier molecular flexibility index (Phi) is 4.71. The zero-order valence-electron chi connectivity index (χ0n) is 12.7. The Hall–Kier alpha value is -1.91. The number of hydrogen-bond acceptors (Lipinski definition) is 4. The Balaban J connectivity index is 1.58. The maximum Gasteiger partial charge on any atom is 0.139 e. The number of piperidine rings is 1. The van der Waals surface area contributed by atoms with E-state index in [-0.39, 0.29) is 23.8 Å². The van der Waals surface area contributed by atoms with E-state index in [1.807, 2.05) is 49.4 Å². The highest BCUT2D eigenvalue weighted by Gasteiger charge is 2.35. The number of hydrogen-bond donors (Lipinski definition) is 1. The van der Waals surface area contributed by atoms with Crippen LogP contribution in [0.15, 0.2) is 53.1 Å². The predicted molar refractivity (Wildman–Crippen MR) is 83.3 cm³/mol. The number of furan rings is 1. The molecule has 0 radical (unpaired) electrons. The Morgan fingerprint density at radius 3 is 2.77 bits per heavy atom. The lowest BCUT2D eigenvalue weighted by atomic mass is 9.87. The summed E-state index contributed by atoms with van der Waals surface area (Å²) < 4.78 is 11.2. The van der Waals surface area contributed by atoms with Crippen molar-refractivity contribution in [2.45, 2.75) is 32.0 Å². The summed E-state index contributed by atoms with van der Waals surface area (Å²) in [4.78, 5) is 12.2. The van der Waals surface area contributed by atoms with Crippen LogP contribution in [0, 0.1) is 5.92 Å². The maximum absolute atomic E-state index is 12.2. The van der Waals surface area contributed by atoms with Gasteiger partial charge in [0.25, 0.3) is 0 Å². The number of ketones is 1. The van der Waals surface area contributed by atoms with Crippen molar-refractivity contribution in [1.82, 2.24) is 5.32 Å². The third-order valence-electron chi connectivity index (χ3n) is 4.23. The third kappa shape index (κ3) is 3.46. The van der Waals surface area contributed by atoms with Crippen molar-refractivity contribution in [1.29, 1.82) is 0 Å². The molecule has 1 aliphatic heterocycles. The van der Waals surface area contributed by atoms with Gasteiger partial charge in [0.2, 0.25) is 0 Å². The Labute approximate surface area is 130 Å². The number of carbonyl (C=O) groups excluding carboxylic acids is 1. The molecule has 1 aliphatic rings. The minimum absolute atomic E-state index is 0.0139. The molecular formula is C18H21NO3. The quantitative estimate of drug-likeness (QED) is 0.921. The van der Waals surface area contributed by atoms with Gasteiger partial charge in [0, 0.05) is 18.4 Å². The third-order valence-corrected chi connectivity index (χ3v) is 4.23. The van der Waals surface area contributed by atoms with Crippen LogP contribution in [-0.2, 0) is 16.1 Å². The molecule has 0 saturated carbocycles. The molecule has 116 valence electrons. The first-order valence-corrected chi connectivity index (χ1v) is 7.68. The van der Waals surface area contributed by atoms with Crippen molar-refractivity contribution in [2.75, 3.05) is 6.61 Å². The van der Waals surface area contributed by atoms with Crippen molar-refractivity contribution in [3.8, 4) is 0 Å². The zero-order chi connectivity index (χ0) is 15.4. The van der Waals surface area contributed by atoms with Gasteiger partial charge in [-0.25, -0.2) is 0 Å². The summed E-state index contributed by atoms with van der Waals surface area (Å²) in [5, 5.41) is 3.48. The van der Waals surface area contributed by atoms with E-state index in [2.05, 4.69) is 5.32 Å². The number of carbonyl (C=O) groups is 1. The van der Waals surface area contributed by atoms with Crippen LogP contribution < -0.4 is 5.32 Å². The van der Waals surface area contributed by atoms with Gasteiger partial charge in [-0.2, -0.15) is 0 Å². The number of ether oxygens (including phenoxy) is 1. The second-order valence-electron chi connectivity index (χ2n) is 5.80.